The van der Waals surface area contributed by atoms with Crippen molar-refractivity contribution >= 4 is 40.8 Å². The van der Waals surface area contributed by atoms with Crippen LogP contribution in [0.3, 0.4) is 0 Å². The molecule has 13 heteroatoms. The molecule has 1 amide bonds. The predicted octanol–water partition coefficient (Wildman–Crippen LogP) is 4.61. The standard InChI is InChI=1S/C18H13Cl2F5N4O2/c19-8-3-11(20)14(27-6-8)15(30)28-9-1-2-12(22)10(4-9)17(7-21)5-13(18(23,24)25)29-16(26)31-17/h1-4,6,13H,5,7H2,(H2,26,29)(H,28,30)/t13-,17+/m0/s1. The van der Waals surface area contributed by atoms with Crippen molar-refractivity contribution in [3.63, 3.8) is 0 Å². The minimum atomic E-state index is -4.85. The number of hydrogen-bond donors (Lipinski definition) is 2. The molecule has 0 fully saturated rings. The first-order valence-corrected chi connectivity index (χ1v) is 9.28. The molecule has 1 aliphatic rings. The second kappa shape index (κ2) is 8.46. The van der Waals surface area contributed by atoms with Gasteiger partial charge in [0.1, 0.15) is 18.2 Å². The van der Waals surface area contributed by atoms with Gasteiger partial charge in [-0.05, 0) is 24.3 Å². The molecule has 31 heavy (non-hydrogen) atoms. The molecule has 166 valence electrons. The van der Waals surface area contributed by atoms with E-state index in [4.69, 9.17) is 33.7 Å². The number of hydrogen-bond acceptors (Lipinski definition) is 5. The van der Waals surface area contributed by atoms with E-state index in [1.807, 2.05) is 0 Å². The highest BCUT2D eigenvalue weighted by Crippen LogP contribution is 2.42. The summed E-state index contributed by atoms with van der Waals surface area (Å²) < 4.78 is 73.2. The topological polar surface area (TPSA) is 89.6 Å². The van der Waals surface area contributed by atoms with Crippen molar-refractivity contribution in [3.8, 4) is 0 Å². The first-order valence-electron chi connectivity index (χ1n) is 8.52. The highest BCUT2D eigenvalue weighted by Gasteiger charge is 2.52. The lowest BCUT2D eigenvalue weighted by Gasteiger charge is -2.38. The maximum atomic E-state index is 14.5. The SMILES string of the molecule is NC1=N[C@H](C(F)(F)F)C[C@@](CF)(c2cc(NC(=O)c3ncc(Cl)cc3Cl)ccc2F)O1. The van der Waals surface area contributed by atoms with Gasteiger partial charge < -0.3 is 15.8 Å². The number of amides is 1. The summed E-state index contributed by atoms with van der Waals surface area (Å²) in [6.07, 6.45) is -4.73. The largest absolute Gasteiger partial charge is 0.451 e. The zero-order valence-corrected chi connectivity index (χ0v) is 16.8. The minimum Gasteiger partial charge on any atom is -0.451 e. The molecule has 1 aromatic heterocycles. The molecule has 2 atom stereocenters. The molecule has 0 saturated heterocycles. The molecule has 1 aromatic carbocycles. The molecule has 0 bridgehead atoms. The number of carbonyl (C=O) groups is 1. The van der Waals surface area contributed by atoms with Crippen LogP contribution in [0.1, 0.15) is 22.5 Å². The number of anilines is 1. The molecule has 0 saturated carbocycles. The van der Waals surface area contributed by atoms with E-state index in [0.29, 0.717) is 0 Å². The van der Waals surface area contributed by atoms with Crippen LogP contribution in [-0.2, 0) is 10.3 Å². The third kappa shape index (κ3) is 4.82. The molecule has 3 rings (SSSR count). The van der Waals surface area contributed by atoms with Gasteiger partial charge in [0, 0.05) is 23.9 Å². The molecule has 1 aliphatic heterocycles. The van der Waals surface area contributed by atoms with E-state index in [9.17, 15) is 26.7 Å². The van der Waals surface area contributed by atoms with Crippen molar-refractivity contribution in [2.75, 3.05) is 12.0 Å². The maximum absolute atomic E-state index is 14.5. The van der Waals surface area contributed by atoms with E-state index in [-0.39, 0.29) is 21.4 Å². The normalized spacial score (nSPS) is 21.3. The summed E-state index contributed by atoms with van der Waals surface area (Å²) in [7, 11) is 0. The Labute approximate surface area is 182 Å². The molecule has 0 spiro atoms. The van der Waals surface area contributed by atoms with Crippen LogP contribution in [-0.4, -0.2) is 35.8 Å². The fraction of sp³-hybridized carbons (Fsp3) is 0.278. The molecule has 0 radical (unpaired) electrons. The predicted molar refractivity (Wildman–Crippen MR) is 103 cm³/mol. The van der Waals surface area contributed by atoms with Crippen LogP contribution in [0.4, 0.5) is 27.6 Å². The van der Waals surface area contributed by atoms with Gasteiger partial charge in [-0.1, -0.05) is 23.2 Å². The third-order valence-corrected chi connectivity index (χ3v) is 4.93. The van der Waals surface area contributed by atoms with Gasteiger partial charge in [0.25, 0.3) is 11.9 Å². The van der Waals surface area contributed by atoms with E-state index < -0.39 is 54.2 Å². The monoisotopic (exact) mass is 482 g/mol. The molecule has 0 unspecified atom stereocenters. The number of carbonyl (C=O) groups excluding carboxylic acids is 1. The smallest absolute Gasteiger partial charge is 0.411 e. The second-order valence-corrected chi connectivity index (χ2v) is 7.44. The summed E-state index contributed by atoms with van der Waals surface area (Å²) in [6.45, 7) is -1.53. The Morgan fingerprint density at radius 3 is 2.65 bits per heavy atom. The summed E-state index contributed by atoms with van der Waals surface area (Å²) in [5, 5.41) is 2.48. The average Bonchev–Trinajstić information content (AvgIpc) is 2.68. The van der Waals surface area contributed by atoms with Crippen molar-refractivity contribution in [1.29, 1.82) is 0 Å². The summed E-state index contributed by atoms with van der Waals surface area (Å²) in [5.41, 5.74) is 2.07. The van der Waals surface area contributed by atoms with Gasteiger partial charge >= 0.3 is 6.18 Å². The van der Waals surface area contributed by atoms with Gasteiger partial charge in [0.15, 0.2) is 11.6 Å². The van der Waals surface area contributed by atoms with Gasteiger partial charge in [-0.25, -0.2) is 18.8 Å². The molecule has 0 aliphatic carbocycles. The van der Waals surface area contributed by atoms with Crippen LogP contribution in [0.2, 0.25) is 10.0 Å². The molecule has 3 N–H and O–H groups in total. The van der Waals surface area contributed by atoms with E-state index in [1.54, 1.807) is 0 Å². The Hall–Kier alpha value is -2.66. The minimum absolute atomic E-state index is 0.0693. The van der Waals surface area contributed by atoms with E-state index in [2.05, 4.69) is 15.3 Å². The molecular weight excluding hydrogens is 470 g/mol. The van der Waals surface area contributed by atoms with E-state index in [1.165, 1.54) is 12.3 Å². The number of aliphatic imine (C=N–C) groups is 1. The Kier molecular flexibility index (Phi) is 6.28. The summed E-state index contributed by atoms with van der Waals surface area (Å²) in [4.78, 5) is 19.3. The number of benzene rings is 1. The first kappa shape index (κ1) is 23.0. The van der Waals surface area contributed by atoms with Crippen LogP contribution in [0.5, 0.6) is 0 Å². The average molecular weight is 483 g/mol. The summed E-state index contributed by atoms with van der Waals surface area (Å²) >= 11 is 11.6. The number of nitrogens with one attached hydrogen (secondary N) is 1. The van der Waals surface area contributed by atoms with Crippen LogP contribution < -0.4 is 11.1 Å². The first-order chi connectivity index (χ1) is 14.4. The highest BCUT2D eigenvalue weighted by atomic mass is 35.5. The summed E-state index contributed by atoms with van der Waals surface area (Å²) in [5.74, 6) is -1.87. The fourth-order valence-corrected chi connectivity index (χ4v) is 3.48. The van der Waals surface area contributed by atoms with Gasteiger partial charge in [0.2, 0.25) is 0 Å². The quantitative estimate of drug-likeness (QED) is 0.622. The number of alkyl halides is 4. The molecular formula is C18H13Cl2F5N4O2. The lowest BCUT2D eigenvalue weighted by atomic mass is 9.86. The molecule has 2 heterocycles. The molecule has 6 nitrogen and oxygen atoms in total. The number of aromatic nitrogens is 1. The zero-order valence-electron chi connectivity index (χ0n) is 15.3. The van der Waals surface area contributed by atoms with Crippen LogP contribution >= 0.6 is 23.2 Å². The lowest BCUT2D eigenvalue weighted by molar-refractivity contribution is -0.167. The number of halogens is 7. The van der Waals surface area contributed by atoms with E-state index >= 15 is 0 Å². The Balaban J connectivity index is 1.96. The Morgan fingerprint density at radius 1 is 1.32 bits per heavy atom. The number of amidine groups is 1. The number of nitrogens with zero attached hydrogens (tertiary/aromatic N) is 2. The number of ether oxygens (including phenoxy) is 1. The lowest BCUT2D eigenvalue weighted by Crippen LogP contribution is -2.48. The Morgan fingerprint density at radius 2 is 2.03 bits per heavy atom. The number of nitrogens with two attached hydrogens (primary N) is 1. The van der Waals surface area contributed by atoms with Gasteiger partial charge in [0.05, 0.1) is 10.0 Å². The Bertz CT molecular complexity index is 1050. The van der Waals surface area contributed by atoms with Crippen LogP contribution in [0.25, 0.3) is 0 Å². The maximum Gasteiger partial charge on any atom is 0.411 e. The van der Waals surface area contributed by atoms with Crippen molar-refractivity contribution in [2.45, 2.75) is 24.2 Å². The van der Waals surface area contributed by atoms with Crippen LogP contribution in [0, 0.1) is 5.82 Å². The fourth-order valence-electron chi connectivity index (χ4n) is 3.01. The second-order valence-electron chi connectivity index (χ2n) is 6.59. The van der Waals surface area contributed by atoms with Crippen molar-refractivity contribution in [3.05, 3.63) is 57.6 Å². The third-order valence-electron chi connectivity index (χ3n) is 4.44. The molecule has 2 aromatic rings. The van der Waals surface area contributed by atoms with Crippen molar-refractivity contribution in [2.24, 2.45) is 10.7 Å². The zero-order chi connectivity index (χ0) is 23.0. The number of pyridine rings is 1. The van der Waals surface area contributed by atoms with Crippen LogP contribution in [0.15, 0.2) is 35.5 Å². The van der Waals surface area contributed by atoms with Gasteiger partial charge in [-0.15, -0.1) is 0 Å². The highest BCUT2D eigenvalue weighted by molar-refractivity contribution is 6.36. The van der Waals surface area contributed by atoms with Gasteiger partial charge in [-0.3, -0.25) is 4.79 Å². The summed E-state index contributed by atoms with van der Waals surface area (Å²) in [6, 6.07) is 0.849. The van der Waals surface area contributed by atoms with Crippen molar-refractivity contribution in [1.82, 2.24) is 4.98 Å². The van der Waals surface area contributed by atoms with Gasteiger partial charge in [-0.2, -0.15) is 13.2 Å². The van der Waals surface area contributed by atoms with Crippen molar-refractivity contribution < 1.29 is 31.5 Å². The number of rotatable bonds is 4. The van der Waals surface area contributed by atoms with E-state index in [0.717, 1.165) is 18.2 Å².